The Hall–Kier alpha value is -1.66. The predicted octanol–water partition coefficient (Wildman–Crippen LogP) is 3.16. The molecule has 0 unspecified atom stereocenters. The zero-order valence-electron chi connectivity index (χ0n) is 10.8. The van der Waals surface area contributed by atoms with E-state index in [1.807, 2.05) is 30.5 Å². The highest BCUT2D eigenvalue weighted by Gasteiger charge is 2.10. The third-order valence-electron chi connectivity index (χ3n) is 3.17. The number of benzene rings is 1. The lowest BCUT2D eigenvalue weighted by molar-refractivity contribution is 0.747. The number of hydrogen-bond donors (Lipinski definition) is 1. The fraction of sp³-hybridized carbons (Fsp3) is 0.143. The normalized spacial score (nSPS) is 11.1. The van der Waals surface area contributed by atoms with Gasteiger partial charge < -0.3 is 5.73 Å². The Morgan fingerprint density at radius 2 is 2.25 bits per heavy atom. The van der Waals surface area contributed by atoms with E-state index in [1.165, 1.54) is 11.3 Å². The smallest absolute Gasteiger partial charge is 0.271 e. The maximum Gasteiger partial charge on any atom is 0.271 e. The zero-order valence-corrected chi connectivity index (χ0v) is 13.2. The van der Waals surface area contributed by atoms with Gasteiger partial charge in [-0.05, 0) is 45.4 Å². The summed E-state index contributed by atoms with van der Waals surface area (Å²) in [5, 5.41) is 1.96. The van der Waals surface area contributed by atoms with Gasteiger partial charge in [0.1, 0.15) is 4.70 Å². The van der Waals surface area contributed by atoms with E-state index < -0.39 is 0 Å². The minimum atomic E-state index is -0.0116. The van der Waals surface area contributed by atoms with Crippen LogP contribution in [-0.4, -0.2) is 9.55 Å². The summed E-state index contributed by atoms with van der Waals surface area (Å²) in [6.07, 6.45) is 1.60. The Kier molecular flexibility index (Phi) is 3.35. The van der Waals surface area contributed by atoms with Crippen molar-refractivity contribution in [2.24, 2.45) is 0 Å². The van der Waals surface area contributed by atoms with Gasteiger partial charge in [0.05, 0.1) is 18.4 Å². The summed E-state index contributed by atoms with van der Waals surface area (Å²) in [5.41, 5.74) is 9.31. The highest BCUT2D eigenvalue weighted by Crippen LogP contribution is 2.24. The van der Waals surface area contributed by atoms with Crippen LogP contribution in [-0.2, 0) is 6.54 Å². The van der Waals surface area contributed by atoms with Gasteiger partial charge in [-0.15, -0.1) is 11.3 Å². The summed E-state index contributed by atoms with van der Waals surface area (Å²) < 4.78 is 3.14. The molecule has 0 aliphatic rings. The molecule has 3 aromatic rings. The molecule has 0 radical (unpaired) electrons. The molecule has 4 nitrogen and oxygen atoms in total. The van der Waals surface area contributed by atoms with Gasteiger partial charge in [-0.25, -0.2) is 4.98 Å². The third-order valence-corrected chi connectivity index (χ3v) is 5.21. The lowest BCUT2D eigenvalue weighted by Gasteiger charge is -2.09. The summed E-state index contributed by atoms with van der Waals surface area (Å²) >= 11 is 4.90. The molecule has 0 atom stereocenters. The molecule has 1 aromatic carbocycles. The molecule has 2 N–H and O–H groups in total. The molecule has 0 amide bonds. The highest BCUT2D eigenvalue weighted by molar-refractivity contribution is 9.10. The molecule has 0 aliphatic carbocycles. The molecule has 3 rings (SSSR count). The summed E-state index contributed by atoms with van der Waals surface area (Å²) in [6.45, 7) is 2.41. The van der Waals surface area contributed by atoms with Crippen molar-refractivity contribution in [1.82, 2.24) is 9.55 Å². The number of anilines is 1. The molecule has 20 heavy (non-hydrogen) atoms. The van der Waals surface area contributed by atoms with Crippen LogP contribution in [0.5, 0.6) is 0 Å². The minimum absolute atomic E-state index is 0.0116. The van der Waals surface area contributed by atoms with Crippen molar-refractivity contribution >= 4 is 43.2 Å². The molecule has 2 aromatic heterocycles. The van der Waals surface area contributed by atoms with Gasteiger partial charge in [0.25, 0.3) is 5.56 Å². The van der Waals surface area contributed by atoms with Crippen LogP contribution in [0.15, 0.2) is 39.2 Å². The van der Waals surface area contributed by atoms with Crippen molar-refractivity contribution < 1.29 is 0 Å². The van der Waals surface area contributed by atoms with Crippen LogP contribution < -0.4 is 11.3 Å². The average molecular weight is 350 g/mol. The van der Waals surface area contributed by atoms with Crippen molar-refractivity contribution in [3.8, 4) is 0 Å². The topological polar surface area (TPSA) is 60.9 Å². The van der Waals surface area contributed by atoms with E-state index in [-0.39, 0.29) is 5.56 Å². The molecular weight excluding hydrogens is 338 g/mol. The van der Waals surface area contributed by atoms with Crippen LogP contribution in [0.2, 0.25) is 0 Å². The first-order valence-corrected chi connectivity index (χ1v) is 7.71. The molecule has 2 heterocycles. The third kappa shape index (κ3) is 2.14. The minimum Gasteiger partial charge on any atom is -0.398 e. The van der Waals surface area contributed by atoms with Crippen molar-refractivity contribution in [3.63, 3.8) is 0 Å². The van der Waals surface area contributed by atoms with Crippen LogP contribution in [0, 0.1) is 6.92 Å². The molecule has 0 aliphatic heterocycles. The zero-order chi connectivity index (χ0) is 14.3. The first-order chi connectivity index (χ1) is 9.58. The Morgan fingerprint density at radius 3 is 3.05 bits per heavy atom. The monoisotopic (exact) mass is 349 g/mol. The second kappa shape index (κ2) is 5.03. The molecule has 0 bridgehead atoms. The van der Waals surface area contributed by atoms with E-state index in [9.17, 15) is 4.79 Å². The van der Waals surface area contributed by atoms with Gasteiger partial charge in [-0.3, -0.25) is 9.36 Å². The van der Waals surface area contributed by atoms with Gasteiger partial charge in [0.2, 0.25) is 0 Å². The predicted molar refractivity (Wildman–Crippen MR) is 86.3 cm³/mol. The highest BCUT2D eigenvalue weighted by atomic mass is 79.9. The van der Waals surface area contributed by atoms with Gasteiger partial charge >= 0.3 is 0 Å². The SMILES string of the molecule is Cc1csc2c(=O)n(Cc3cccc(N)c3Br)cnc12. The molecular formula is C14H12BrN3OS. The summed E-state index contributed by atoms with van der Waals surface area (Å²) in [6, 6.07) is 5.64. The van der Waals surface area contributed by atoms with Gasteiger partial charge in [0, 0.05) is 10.2 Å². The number of nitrogens with zero attached hydrogens (tertiary/aromatic N) is 2. The maximum atomic E-state index is 12.4. The number of halogens is 1. The first kappa shape index (κ1) is 13.3. The van der Waals surface area contributed by atoms with Crippen molar-refractivity contribution in [2.45, 2.75) is 13.5 Å². The van der Waals surface area contributed by atoms with E-state index in [0.29, 0.717) is 16.9 Å². The second-order valence-corrected chi connectivity index (χ2v) is 6.27. The van der Waals surface area contributed by atoms with E-state index >= 15 is 0 Å². The Morgan fingerprint density at radius 1 is 1.45 bits per heavy atom. The van der Waals surface area contributed by atoms with Crippen LogP contribution in [0.3, 0.4) is 0 Å². The molecule has 0 fully saturated rings. The average Bonchev–Trinajstić information content (AvgIpc) is 2.80. The number of thiophene rings is 1. The van der Waals surface area contributed by atoms with E-state index in [2.05, 4.69) is 20.9 Å². The second-order valence-electron chi connectivity index (χ2n) is 4.59. The number of nitrogen functional groups attached to an aromatic ring is 1. The Balaban J connectivity index is 2.09. The van der Waals surface area contributed by atoms with E-state index in [4.69, 9.17) is 5.73 Å². The van der Waals surface area contributed by atoms with Gasteiger partial charge in [-0.2, -0.15) is 0 Å². The molecule has 0 spiro atoms. The standard InChI is InChI=1S/C14H12BrN3OS/c1-8-6-20-13-12(8)17-7-18(14(13)19)5-9-3-2-4-10(16)11(9)15/h2-4,6-7H,5,16H2,1H3. The van der Waals surface area contributed by atoms with Crippen molar-refractivity contribution in [2.75, 3.05) is 5.73 Å². The van der Waals surface area contributed by atoms with Crippen LogP contribution >= 0.6 is 27.3 Å². The fourth-order valence-corrected chi connectivity index (χ4v) is 3.42. The first-order valence-electron chi connectivity index (χ1n) is 6.04. The van der Waals surface area contributed by atoms with Gasteiger partial charge in [0.15, 0.2) is 0 Å². The number of rotatable bonds is 2. The summed E-state index contributed by atoms with van der Waals surface area (Å²) in [7, 11) is 0. The number of fused-ring (bicyclic) bond motifs is 1. The van der Waals surface area contributed by atoms with E-state index in [1.54, 1.807) is 10.9 Å². The van der Waals surface area contributed by atoms with Crippen LogP contribution in [0.4, 0.5) is 5.69 Å². The quantitative estimate of drug-likeness (QED) is 0.723. The van der Waals surface area contributed by atoms with E-state index in [0.717, 1.165) is 21.1 Å². The van der Waals surface area contributed by atoms with Gasteiger partial charge in [-0.1, -0.05) is 12.1 Å². The Bertz CT molecular complexity index is 853. The van der Waals surface area contributed by atoms with Crippen molar-refractivity contribution in [1.29, 1.82) is 0 Å². The lowest BCUT2D eigenvalue weighted by Crippen LogP contribution is -2.20. The molecule has 0 saturated carbocycles. The molecule has 0 saturated heterocycles. The lowest BCUT2D eigenvalue weighted by atomic mass is 10.2. The van der Waals surface area contributed by atoms with Crippen LogP contribution in [0.1, 0.15) is 11.1 Å². The summed E-state index contributed by atoms with van der Waals surface area (Å²) in [4.78, 5) is 16.8. The Labute approximate surface area is 128 Å². The number of aryl methyl sites for hydroxylation is 1. The number of nitrogens with two attached hydrogens (primary N) is 1. The number of hydrogen-bond acceptors (Lipinski definition) is 4. The van der Waals surface area contributed by atoms with Crippen LogP contribution in [0.25, 0.3) is 10.2 Å². The van der Waals surface area contributed by atoms with Crippen molar-refractivity contribution in [3.05, 3.63) is 55.9 Å². The maximum absolute atomic E-state index is 12.4. The summed E-state index contributed by atoms with van der Waals surface area (Å²) in [5.74, 6) is 0. The largest absolute Gasteiger partial charge is 0.398 e. The molecule has 102 valence electrons. The molecule has 6 heteroatoms. The number of aromatic nitrogens is 2. The fourth-order valence-electron chi connectivity index (χ4n) is 2.08.